The average molecular weight is 106 g/mol. The highest BCUT2D eigenvalue weighted by atomic mass is 32.1. The first-order valence-electron chi connectivity index (χ1n) is 1.41. The summed E-state index contributed by atoms with van der Waals surface area (Å²) >= 11 is 3.65. The van der Waals surface area contributed by atoms with Gasteiger partial charge < -0.3 is 11.1 Å². The van der Waals surface area contributed by atoms with Crippen LogP contribution in [0.4, 0.5) is 4.79 Å². The summed E-state index contributed by atoms with van der Waals surface area (Å²) in [4.78, 5) is 9.66. The molecule has 0 aliphatic rings. The van der Waals surface area contributed by atoms with Crippen LogP contribution in [0.1, 0.15) is 0 Å². The van der Waals surface area contributed by atoms with Crippen molar-refractivity contribution in [2.24, 2.45) is 5.73 Å². The van der Waals surface area contributed by atoms with E-state index < -0.39 is 6.03 Å². The molecule has 0 unspecified atom stereocenters. The van der Waals surface area contributed by atoms with Gasteiger partial charge in [0, 0.05) is 0 Å². The van der Waals surface area contributed by atoms with Gasteiger partial charge in [0.05, 0.1) is 5.88 Å². The molecule has 6 heavy (non-hydrogen) atoms. The van der Waals surface area contributed by atoms with Crippen LogP contribution in [-0.4, -0.2) is 11.9 Å². The van der Waals surface area contributed by atoms with E-state index in [-0.39, 0.29) is 0 Å². The van der Waals surface area contributed by atoms with Gasteiger partial charge in [-0.05, 0) is 0 Å². The normalized spacial score (nSPS) is 7.50. The van der Waals surface area contributed by atoms with E-state index in [1.165, 1.54) is 0 Å². The van der Waals surface area contributed by atoms with Crippen molar-refractivity contribution < 1.29 is 4.79 Å². The second-order valence-corrected chi connectivity index (χ2v) is 1.02. The fourth-order valence-corrected chi connectivity index (χ4v) is 0.234. The molecule has 0 heterocycles. The smallest absolute Gasteiger partial charge is 0.312 e. The van der Waals surface area contributed by atoms with E-state index in [1.54, 1.807) is 0 Å². The summed E-state index contributed by atoms with van der Waals surface area (Å²) in [5.74, 6) is 0.301. The second kappa shape index (κ2) is 2.84. The first-order valence-corrected chi connectivity index (χ1v) is 2.05. The largest absolute Gasteiger partial charge is 0.352 e. The van der Waals surface area contributed by atoms with Crippen molar-refractivity contribution in [3.63, 3.8) is 0 Å². The summed E-state index contributed by atoms with van der Waals surface area (Å²) in [6, 6.07) is -0.537. The minimum absolute atomic E-state index is 0.301. The number of hydrogen-bond donors (Lipinski definition) is 3. The van der Waals surface area contributed by atoms with Gasteiger partial charge in [0.2, 0.25) is 0 Å². The Balaban J connectivity index is 2.83. The average Bonchev–Trinajstić information content (AvgIpc) is 1.35. The highest BCUT2D eigenvalue weighted by Crippen LogP contribution is 1.60. The Labute approximate surface area is 41.3 Å². The molecule has 0 aromatic carbocycles. The summed E-state index contributed by atoms with van der Waals surface area (Å²) < 4.78 is 0. The topological polar surface area (TPSA) is 55.1 Å². The Morgan fingerprint density at radius 1 is 2.00 bits per heavy atom. The number of amides is 2. The van der Waals surface area contributed by atoms with Crippen LogP contribution in [-0.2, 0) is 0 Å². The van der Waals surface area contributed by atoms with Gasteiger partial charge in [-0.3, -0.25) is 0 Å². The standard InChI is InChI=1S/C2H6N2OS/c3-2(5)4-1-6/h6H,1H2,(H3,3,4,5). The Hall–Kier alpha value is -0.380. The molecule has 0 bridgehead atoms. The van der Waals surface area contributed by atoms with E-state index in [0.717, 1.165) is 0 Å². The third-order valence-corrected chi connectivity index (χ3v) is 0.411. The van der Waals surface area contributed by atoms with E-state index in [2.05, 4.69) is 23.7 Å². The second-order valence-electron chi connectivity index (χ2n) is 0.699. The van der Waals surface area contributed by atoms with Crippen molar-refractivity contribution in [1.29, 1.82) is 0 Å². The monoisotopic (exact) mass is 106 g/mol. The fraction of sp³-hybridized carbons (Fsp3) is 0.500. The van der Waals surface area contributed by atoms with E-state index >= 15 is 0 Å². The maximum absolute atomic E-state index is 9.66. The van der Waals surface area contributed by atoms with Gasteiger partial charge in [0.15, 0.2) is 0 Å². The van der Waals surface area contributed by atoms with Crippen LogP contribution in [0, 0.1) is 0 Å². The molecule has 0 aliphatic carbocycles. The molecule has 0 fully saturated rings. The predicted molar refractivity (Wildman–Crippen MR) is 26.6 cm³/mol. The van der Waals surface area contributed by atoms with Crippen molar-refractivity contribution in [3.05, 3.63) is 0 Å². The first kappa shape index (κ1) is 5.62. The van der Waals surface area contributed by atoms with Crippen molar-refractivity contribution in [2.45, 2.75) is 0 Å². The van der Waals surface area contributed by atoms with Crippen molar-refractivity contribution in [2.75, 3.05) is 5.88 Å². The molecule has 0 aliphatic heterocycles. The third-order valence-electron chi connectivity index (χ3n) is 0.253. The molecule has 0 rings (SSSR count). The lowest BCUT2D eigenvalue weighted by Gasteiger charge is -1.88. The number of nitrogens with one attached hydrogen (secondary N) is 1. The number of carbonyl (C=O) groups is 1. The van der Waals surface area contributed by atoms with Gasteiger partial charge in [0.25, 0.3) is 0 Å². The number of rotatable bonds is 1. The molecular weight excluding hydrogens is 100 g/mol. The maximum atomic E-state index is 9.66. The lowest BCUT2D eigenvalue weighted by Crippen LogP contribution is -2.27. The lowest BCUT2D eigenvalue weighted by atomic mass is 11.0. The Bertz CT molecular complexity index is 55.5. The van der Waals surface area contributed by atoms with E-state index in [4.69, 9.17) is 0 Å². The zero-order valence-corrected chi connectivity index (χ0v) is 4.03. The highest BCUT2D eigenvalue weighted by Gasteiger charge is 1.79. The van der Waals surface area contributed by atoms with Crippen LogP contribution < -0.4 is 11.1 Å². The van der Waals surface area contributed by atoms with Gasteiger partial charge in [-0.2, -0.15) is 12.6 Å². The van der Waals surface area contributed by atoms with Crippen LogP contribution in [0.15, 0.2) is 0 Å². The lowest BCUT2D eigenvalue weighted by molar-refractivity contribution is 0.250. The molecule has 3 N–H and O–H groups in total. The number of nitrogens with two attached hydrogens (primary N) is 1. The molecule has 0 atom stereocenters. The van der Waals surface area contributed by atoms with Crippen LogP contribution in [0.3, 0.4) is 0 Å². The minimum atomic E-state index is -0.537. The van der Waals surface area contributed by atoms with Crippen LogP contribution in [0.5, 0.6) is 0 Å². The van der Waals surface area contributed by atoms with Gasteiger partial charge >= 0.3 is 6.03 Å². The molecule has 4 heteroatoms. The zero-order valence-electron chi connectivity index (χ0n) is 3.14. The SMILES string of the molecule is NC(=O)NCS. The van der Waals surface area contributed by atoms with E-state index in [0.29, 0.717) is 5.88 Å². The molecule has 0 aromatic heterocycles. The number of urea groups is 1. The summed E-state index contributed by atoms with van der Waals surface area (Å²) in [5.41, 5.74) is 4.60. The predicted octanol–water partition coefficient (Wildman–Crippen LogP) is -0.458. The zero-order chi connectivity index (χ0) is 4.99. The molecule has 0 aromatic rings. The third kappa shape index (κ3) is 3.62. The van der Waals surface area contributed by atoms with Crippen LogP contribution in [0.25, 0.3) is 0 Å². The highest BCUT2D eigenvalue weighted by molar-refractivity contribution is 7.80. The Morgan fingerprint density at radius 2 is 2.50 bits per heavy atom. The summed E-state index contributed by atoms with van der Waals surface area (Å²) in [6.45, 7) is 0. The number of primary amides is 1. The Morgan fingerprint density at radius 3 is 2.50 bits per heavy atom. The summed E-state index contributed by atoms with van der Waals surface area (Å²) in [5, 5.41) is 2.21. The quantitative estimate of drug-likeness (QED) is 0.307. The molecule has 3 nitrogen and oxygen atoms in total. The molecular formula is C2H6N2OS. The van der Waals surface area contributed by atoms with Gasteiger partial charge in [-0.25, -0.2) is 4.79 Å². The molecule has 0 radical (unpaired) electrons. The molecule has 2 amide bonds. The number of hydrogen-bond acceptors (Lipinski definition) is 2. The van der Waals surface area contributed by atoms with Gasteiger partial charge in [-0.1, -0.05) is 0 Å². The van der Waals surface area contributed by atoms with Crippen molar-refractivity contribution in [3.8, 4) is 0 Å². The van der Waals surface area contributed by atoms with Crippen LogP contribution in [0.2, 0.25) is 0 Å². The summed E-state index contributed by atoms with van der Waals surface area (Å²) in [6.07, 6.45) is 0. The first-order chi connectivity index (χ1) is 2.77. The number of carbonyl (C=O) groups excluding carboxylic acids is 1. The fourth-order valence-electron chi connectivity index (χ4n) is 0.0779. The maximum Gasteiger partial charge on any atom is 0.312 e. The molecule has 36 valence electrons. The van der Waals surface area contributed by atoms with Gasteiger partial charge in [-0.15, -0.1) is 0 Å². The minimum Gasteiger partial charge on any atom is -0.352 e. The molecule has 0 saturated heterocycles. The number of thiol groups is 1. The van der Waals surface area contributed by atoms with Gasteiger partial charge in [0.1, 0.15) is 0 Å². The summed E-state index contributed by atoms with van der Waals surface area (Å²) in [7, 11) is 0. The molecule has 0 spiro atoms. The van der Waals surface area contributed by atoms with E-state index in [9.17, 15) is 4.79 Å². The van der Waals surface area contributed by atoms with Crippen molar-refractivity contribution >= 4 is 18.7 Å². The Kier molecular flexibility index (Phi) is 2.66. The molecule has 0 saturated carbocycles. The van der Waals surface area contributed by atoms with Crippen LogP contribution >= 0.6 is 12.6 Å². The van der Waals surface area contributed by atoms with Crippen molar-refractivity contribution in [1.82, 2.24) is 5.32 Å². The van der Waals surface area contributed by atoms with E-state index in [1.807, 2.05) is 0 Å².